The fourth-order valence-electron chi connectivity index (χ4n) is 2.95. The van der Waals surface area contributed by atoms with Gasteiger partial charge in [0.15, 0.2) is 0 Å². The number of nitrogens with one attached hydrogen (secondary N) is 1. The Labute approximate surface area is 163 Å². The van der Waals surface area contributed by atoms with Gasteiger partial charge in [0.1, 0.15) is 0 Å². The van der Waals surface area contributed by atoms with Gasteiger partial charge in [-0.25, -0.2) is 4.79 Å². The topological polar surface area (TPSA) is 96.2 Å². The van der Waals surface area contributed by atoms with E-state index in [1.807, 2.05) is 61.5 Å². The summed E-state index contributed by atoms with van der Waals surface area (Å²) in [6.45, 7) is 2.45. The number of anilines is 1. The monoisotopic (exact) mass is 380 g/mol. The molecule has 28 heavy (non-hydrogen) atoms. The average Bonchev–Trinajstić information content (AvgIpc) is 3.15. The van der Waals surface area contributed by atoms with Crippen molar-refractivity contribution in [2.24, 2.45) is 7.05 Å². The number of amides is 2. The van der Waals surface area contributed by atoms with E-state index in [0.717, 1.165) is 11.1 Å². The van der Waals surface area contributed by atoms with Crippen LogP contribution in [0.1, 0.15) is 24.9 Å². The van der Waals surface area contributed by atoms with Gasteiger partial charge < -0.3 is 15.3 Å². The van der Waals surface area contributed by atoms with Crippen LogP contribution in [-0.2, 0) is 7.05 Å². The minimum Gasteiger partial charge on any atom is -0.396 e. The molecule has 0 aliphatic rings. The van der Waals surface area contributed by atoms with Gasteiger partial charge in [-0.15, -0.1) is 10.2 Å². The second-order valence-electron chi connectivity index (χ2n) is 6.47. The van der Waals surface area contributed by atoms with Gasteiger partial charge in [0.05, 0.1) is 13.1 Å². The Morgan fingerprint density at radius 2 is 2.00 bits per heavy atom. The van der Waals surface area contributed by atoms with E-state index in [2.05, 4.69) is 20.7 Å². The van der Waals surface area contributed by atoms with Gasteiger partial charge in [-0.1, -0.05) is 42.5 Å². The highest BCUT2D eigenvalue weighted by atomic mass is 16.3. The van der Waals surface area contributed by atoms with E-state index in [4.69, 9.17) is 0 Å². The molecule has 2 aromatic carbocycles. The minimum atomic E-state index is -0.228. The molecule has 0 aliphatic heterocycles. The van der Waals surface area contributed by atoms with Gasteiger partial charge in [-0.05, 0) is 36.3 Å². The molecule has 2 N–H and O–H groups in total. The second-order valence-corrected chi connectivity index (χ2v) is 6.47. The molecule has 0 spiro atoms. The SMILES string of the molecule is CC(c1ccccc1)N(CCCO)C(=O)Nc1cccc(-c2nnn(C)n2)c1. The van der Waals surface area contributed by atoms with Crippen molar-refractivity contribution in [3.8, 4) is 11.4 Å². The molecule has 3 aromatic rings. The molecule has 2 amide bonds. The first-order valence-corrected chi connectivity index (χ1v) is 9.16. The standard InChI is InChI=1S/C20H24N6O2/c1-15(16-8-4-3-5-9-16)26(12-7-13-27)20(28)21-18-11-6-10-17(14-18)19-22-24-25(2)23-19/h3-6,8-11,14-15,27H,7,12-13H2,1-2H3,(H,21,28). The van der Waals surface area contributed by atoms with Crippen LogP contribution in [0.5, 0.6) is 0 Å². The maximum Gasteiger partial charge on any atom is 0.322 e. The number of rotatable bonds is 7. The highest BCUT2D eigenvalue weighted by Crippen LogP contribution is 2.23. The average molecular weight is 380 g/mol. The molecule has 8 heteroatoms. The van der Waals surface area contributed by atoms with Gasteiger partial charge in [-0.3, -0.25) is 0 Å². The summed E-state index contributed by atoms with van der Waals surface area (Å²) in [5.41, 5.74) is 2.45. The van der Waals surface area contributed by atoms with Crippen LogP contribution in [0.25, 0.3) is 11.4 Å². The lowest BCUT2D eigenvalue weighted by Gasteiger charge is -2.29. The number of aliphatic hydroxyl groups is 1. The number of aryl methyl sites for hydroxylation is 1. The number of carbonyl (C=O) groups excluding carboxylic acids is 1. The van der Waals surface area contributed by atoms with Crippen molar-refractivity contribution in [1.82, 2.24) is 25.1 Å². The number of tetrazole rings is 1. The van der Waals surface area contributed by atoms with Crippen molar-refractivity contribution < 1.29 is 9.90 Å². The normalized spacial score (nSPS) is 11.8. The zero-order chi connectivity index (χ0) is 19.9. The molecule has 0 bridgehead atoms. The Morgan fingerprint density at radius 1 is 1.21 bits per heavy atom. The number of carbonyl (C=O) groups is 1. The van der Waals surface area contributed by atoms with Gasteiger partial charge in [0.25, 0.3) is 0 Å². The van der Waals surface area contributed by atoms with Gasteiger partial charge >= 0.3 is 6.03 Å². The maximum absolute atomic E-state index is 13.0. The van der Waals surface area contributed by atoms with E-state index in [1.54, 1.807) is 11.9 Å². The Kier molecular flexibility index (Phi) is 6.33. The van der Waals surface area contributed by atoms with Gasteiger partial charge in [0, 0.05) is 24.4 Å². The number of benzene rings is 2. The Bertz CT molecular complexity index is 912. The molecule has 0 aliphatic carbocycles. The smallest absolute Gasteiger partial charge is 0.322 e. The molecular weight excluding hydrogens is 356 g/mol. The van der Waals surface area contributed by atoms with E-state index in [-0.39, 0.29) is 18.7 Å². The predicted molar refractivity (Wildman–Crippen MR) is 107 cm³/mol. The number of urea groups is 1. The van der Waals surface area contributed by atoms with Crippen molar-refractivity contribution in [2.75, 3.05) is 18.5 Å². The molecule has 0 fully saturated rings. The van der Waals surface area contributed by atoms with Crippen LogP contribution in [0.2, 0.25) is 0 Å². The third-order valence-corrected chi connectivity index (χ3v) is 4.45. The number of aromatic nitrogens is 4. The minimum absolute atomic E-state index is 0.0269. The van der Waals surface area contributed by atoms with Crippen LogP contribution in [0, 0.1) is 0 Å². The van der Waals surface area contributed by atoms with Gasteiger partial charge in [0.2, 0.25) is 5.82 Å². The Morgan fingerprint density at radius 3 is 2.68 bits per heavy atom. The van der Waals surface area contributed by atoms with E-state index in [1.165, 1.54) is 4.80 Å². The summed E-state index contributed by atoms with van der Waals surface area (Å²) < 4.78 is 0. The van der Waals surface area contributed by atoms with E-state index < -0.39 is 0 Å². The fourth-order valence-corrected chi connectivity index (χ4v) is 2.95. The summed E-state index contributed by atoms with van der Waals surface area (Å²) in [6, 6.07) is 16.8. The number of hydrogen-bond donors (Lipinski definition) is 2. The molecule has 0 radical (unpaired) electrons. The predicted octanol–water partition coefficient (Wildman–Crippen LogP) is 2.85. The third kappa shape index (κ3) is 4.72. The van der Waals surface area contributed by atoms with E-state index >= 15 is 0 Å². The summed E-state index contributed by atoms with van der Waals surface area (Å²) in [4.78, 5) is 16.1. The lowest BCUT2D eigenvalue weighted by molar-refractivity contribution is 0.182. The molecule has 8 nitrogen and oxygen atoms in total. The summed E-state index contributed by atoms with van der Waals surface area (Å²) in [6.07, 6.45) is 0.508. The first-order chi connectivity index (χ1) is 13.6. The number of aliphatic hydroxyl groups excluding tert-OH is 1. The third-order valence-electron chi connectivity index (χ3n) is 4.45. The largest absolute Gasteiger partial charge is 0.396 e. The van der Waals surface area contributed by atoms with E-state index in [0.29, 0.717) is 24.5 Å². The molecule has 0 saturated heterocycles. The molecule has 1 unspecified atom stereocenters. The zero-order valence-electron chi connectivity index (χ0n) is 16.0. The lowest BCUT2D eigenvalue weighted by atomic mass is 10.1. The molecule has 1 aromatic heterocycles. The highest BCUT2D eigenvalue weighted by molar-refractivity contribution is 5.90. The highest BCUT2D eigenvalue weighted by Gasteiger charge is 2.21. The molecular formula is C20H24N6O2. The molecule has 3 rings (SSSR count). The molecule has 146 valence electrons. The molecule has 1 heterocycles. The van der Waals surface area contributed by atoms with Crippen LogP contribution < -0.4 is 5.32 Å². The second kappa shape index (κ2) is 9.09. The van der Waals surface area contributed by atoms with Crippen LogP contribution in [-0.4, -0.2) is 49.4 Å². The van der Waals surface area contributed by atoms with Crippen LogP contribution in [0.15, 0.2) is 54.6 Å². The summed E-state index contributed by atoms with van der Waals surface area (Å²) in [5.74, 6) is 0.494. The zero-order valence-corrected chi connectivity index (χ0v) is 16.0. The quantitative estimate of drug-likeness (QED) is 0.657. The van der Waals surface area contributed by atoms with Gasteiger partial charge in [-0.2, -0.15) is 4.80 Å². The fraction of sp³-hybridized carbons (Fsp3) is 0.300. The van der Waals surface area contributed by atoms with Crippen molar-refractivity contribution in [3.63, 3.8) is 0 Å². The number of nitrogens with zero attached hydrogens (tertiary/aromatic N) is 5. The van der Waals surface area contributed by atoms with Crippen molar-refractivity contribution in [2.45, 2.75) is 19.4 Å². The lowest BCUT2D eigenvalue weighted by Crippen LogP contribution is -2.38. The Hall–Kier alpha value is -3.26. The molecule has 0 saturated carbocycles. The Balaban J connectivity index is 1.78. The summed E-state index contributed by atoms with van der Waals surface area (Å²) >= 11 is 0. The first kappa shape index (κ1) is 19.5. The maximum atomic E-state index is 13.0. The molecule has 1 atom stereocenters. The summed E-state index contributed by atoms with van der Waals surface area (Å²) in [7, 11) is 1.70. The van der Waals surface area contributed by atoms with Crippen LogP contribution in [0.4, 0.5) is 10.5 Å². The van der Waals surface area contributed by atoms with Crippen LogP contribution >= 0.6 is 0 Å². The summed E-state index contributed by atoms with van der Waals surface area (Å²) in [5, 5.41) is 24.2. The number of hydrogen-bond acceptors (Lipinski definition) is 5. The van der Waals surface area contributed by atoms with Crippen molar-refractivity contribution >= 4 is 11.7 Å². The van der Waals surface area contributed by atoms with Crippen molar-refractivity contribution in [3.05, 3.63) is 60.2 Å². The first-order valence-electron chi connectivity index (χ1n) is 9.16. The van der Waals surface area contributed by atoms with Crippen molar-refractivity contribution in [1.29, 1.82) is 0 Å². The van der Waals surface area contributed by atoms with E-state index in [9.17, 15) is 9.90 Å². The van der Waals surface area contributed by atoms with Crippen LogP contribution in [0.3, 0.4) is 0 Å².